The molecule has 0 aliphatic heterocycles. The molecular weight excluding hydrogens is 288 g/mol. The van der Waals surface area contributed by atoms with Gasteiger partial charge in [-0.15, -0.1) is 0 Å². The summed E-state index contributed by atoms with van der Waals surface area (Å²) >= 11 is 0. The van der Waals surface area contributed by atoms with E-state index in [1.54, 1.807) is 0 Å². The Bertz CT molecular complexity index is 619. The highest BCUT2D eigenvalue weighted by atomic mass is 16.5. The Morgan fingerprint density at radius 3 is 2.30 bits per heavy atom. The second-order valence-corrected chi connectivity index (χ2v) is 5.82. The lowest BCUT2D eigenvalue weighted by Gasteiger charge is -2.10. The van der Waals surface area contributed by atoms with Gasteiger partial charge in [0.25, 0.3) is 0 Å². The van der Waals surface area contributed by atoms with Crippen molar-refractivity contribution in [3.63, 3.8) is 0 Å². The second kappa shape index (κ2) is 8.22. The van der Waals surface area contributed by atoms with Gasteiger partial charge in [-0.1, -0.05) is 43.7 Å². The lowest BCUT2D eigenvalue weighted by molar-refractivity contribution is 0.247. The fourth-order valence-electron chi connectivity index (χ4n) is 2.09. The van der Waals surface area contributed by atoms with Gasteiger partial charge < -0.3 is 15.4 Å². The van der Waals surface area contributed by atoms with Gasteiger partial charge in [-0.05, 0) is 42.7 Å². The minimum Gasteiger partial charge on any atom is -0.492 e. The van der Waals surface area contributed by atoms with Gasteiger partial charge in [-0.2, -0.15) is 0 Å². The molecule has 2 aromatic carbocycles. The summed E-state index contributed by atoms with van der Waals surface area (Å²) in [7, 11) is 0. The Hall–Kier alpha value is -2.49. The Kier molecular flexibility index (Phi) is 6.03. The molecule has 0 spiro atoms. The van der Waals surface area contributed by atoms with Crippen LogP contribution in [0.15, 0.2) is 48.5 Å². The minimum atomic E-state index is -0.229. The summed E-state index contributed by atoms with van der Waals surface area (Å²) in [4.78, 5) is 11.8. The van der Waals surface area contributed by atoms with Crippen LogP contribution in [0, 0.1) is 6.92 Å². The standard InChI is InChI=1S/C19H24N2O2/c1-14(2)16-6-10-18(11-7-16)23-13-12-20-19(22)21-17-8-4-15(3)5-9-17/h4-11,14H,12-13H2,1-3H3,(H2,20,21,22). The summed E-state index contributed by atoms with van der Waals surface area (Å²) in [5.74, 6) is 1.33. The van der Waals surface area contributed by atoms with E-state index in [-0.39, 0.29) is 6.03 Å². The summed E-state index contributed by atoms with van der Waals surface area (Å²) in [6, 6.07) is 15.5. The van der Waals surface area contributed by atoms with Crippen molar-refractivity contribution < 1.29 is 9.53 Å². The first-order chi connectivity index (χ1) is 11.0. The van der Waals surface area contributed by atoms with E-state index in [4.69, 9.17) is 4.74 Å². The summed E-state index contributed by atoms with van der Waals surface area (Å²) in [5, 5.41) is 5.55. The second-order valence-electron chi connectivity index (χ2n) is 5.82. The highest BCUT2D eigenvalue weighted by molar-refractivity contribution is 5.89. The third-order valence-corrected chi connectivity index (χ3v) is 3.51. The highest BCUT2D eigenvalue weighted by Crippen LogP contribution is 2.18. The van der Waals surface area contributed by atoms with E-state index < -0.39 is 0 Å². The number of carbonyl (C=O) groups excluding carboxylic acids is 1. The summed E-state index contributed by atoms with van der Waals surface area (Å²) < 4.78 is 5.61. The molecule has 0 saturated heterocycles. The number of aryl methyl sites for hydroxylation is 1. The first-order valence-corrected chi connectivity index (χ1v) is 7.89. The zero-order valence-corrected chi connectivity index (χ0v) is 13.9. The fraction of sp³-hybridized carbons (Fsp3) is 0.316. The quantitative estimate of drug-likeness (QED) is 0.781. The average molecular weight is 312 g/mol. The summed E-state index contributed by atoms with van der Waals surface area (Å²) in [6.45, 7) is 7.21. The van der Waals surface area contributed by atoms with E-state index in [1.165, 1.54) is 5.56 Å². The van der Waals surface area contributed by atoms with E-state index in [0.29, 0.717) is 19.1 Å². The molecule has 0 fully saturated rings. The number of rotatable bonds is 6. The highest BCUT2D eigenvalue weighted by Gasteiger charge is 2.02. The van der Waals surface area contributed by atoms with Crippen LogP contribution < -0.4 is 15.4 Å². The van der Waals surface area contributed by atoms with Crippen LogP contribution in [-0.2, 0) is 0 Å². The SMILES string of the molecule is Cc1ccc(NC(=O)NCCOc2ccc(C(C)C)cc2)cc1. The maximum absolute atomic E-state index is 11.8. The van der Waals surface area contributed by atoms with Crippen molar-refractivity contribution in [1.29, 1.82) is 0 Å². The predicted molar refractivity (Wildman–Crippen MR) is 94.2 cm³/mol. The number of urea groups is 1. The number of nitrogens with one attached hydrogen (secondary N) is 2. The lowest BCUT2D eigenvalue weighted by Crippen LogP contribution is -2.32. The molecule has 2 rings (SSSR count). The largest absolute Gasteiger partial charge is 0.492 e. The monoisotopic (exact) mass is 312 g/mol. The number of amides is 2. The van der Waals surface area contributed by atoms with E-state index in [0.717, 1.165) is 17.0 Å². The molecule has 2 amide bonds. The van der Waals surface area contributed by atoms with Crippen molar-refractivity contribution in [2.24, 2.45) is 0 Å². The molecule has 0 aromatic heterocycles. The number of carbonyl (C=O) groups is 1. The van der Waals surface area contributed by atoms with Gasteiger partial charge in [0.05, 0.1) is 6.54 Å². The molecule has 0 heterocycles. The van der Waals surface area contributed by atoms with Crippen LogP contribution in [0.2, 0.25) is 0 Å². The van der Waals surface area contributed by atoms with Crippen LogP contribution in [0.3, 0.4) is 0 Å². The Labute approximate surface area is 137 Å². The predicted octanol–water partition coefficient (Wildman–Crippen LogP) is 4.32. The fourth-order valence-corrected chi connectivity index (χ4v) is 2.09. The first-order valence-electron chi connectivity index (χ1n) is 7.89. The molecule has 0 radical (unpaired) electrons. The first kappa shape index (κ1) is 16.9. The summed E-state index contributed by atoms with van der Waals surface area (Å²) in [5.41, 5.74) is 3.22. The third-order valence-electron chi connectivity index (χ3n) is 3.51. The van der Waals surface area contributed by atoms with E-state index in [9.17, 15) is 4.79 Å². The lowest BCUT2D eigenvalue weighted by atomic mass is 10.0. The molecule has 0 bridgehead atoms. The van der Waals surface area contributed by atoms with Crippen LogP contribution in [0.25, 0.3) is 0 Å². The van der Waals surface area contributed by atoms with E-state index >= 15 is 0 Å². The van der Waals surface area contributed by atoms with Gasteiger partial charge in [-0.25, -0.2) is 4.79 Å². The van der Waals surface area contributed by atoms with Gasteiger partial charge in [0.1, 0.15) is 12.4 Å². The molecule has 4 heteroatoms. The van der Waals surface area contributed by atoms with Crippen LogP contribution in [0.1, 0.15) is 30.9 Å². The molecule has 0 aliphatic rings. The van der Waals surface area contributed by atoms with Gasteiger partial charge in [-0.3, -0.25) is 0 Å². The maximum atomic E-state index is 11.8. The van der Waals surface area contributed by atoms with Crippen molar-refractivity contribution in [2.75, 3.05) is 18.5 Å². The molecule has 0 aliphatic carbocycles. The third kappa shape index (κ3) is 5.66. The molecule has 2 aromatic rings. The minimum absolute atomic E-state index is 0.229. The molecule has 2 N–H and O–H groups in total. The Balaban J connectivity index is 1.68. The average Bonchev–Trinajstić information content (AvgIpc) is 2.54. The van der Waals surface area contributed by atoms with E-state index in [1.807, 2.05) is 43.3 Å². The van der Waals surface area contributed by atoms with Gasteiger partial charge >= 0.3 is 6.03 Å². The zero-order valence-electron chi connectivity index (χ0n) is 13.9. The van der Waals surface area contributed by atoms with Crippen molar-refractivity contribution in [1.82, 2.24) is 5.32 Å². The molecule has 0 saturated carbocycles. The van der Waals surface area contributed by atoms with E-state index in [2.05, 4.69) is 36.6 Å². The smallest absolute Gasteiger partial charge is 0.319 e. The number of hydrogen-bond donors (Lipinski definition) is 2. The molecule has 0 atom stereocenters. The van der Waals surface area contributed by atoms with Crippen LogP contribution in [0.4, 0.5) is 10.5 Å². The molecule has 4 nitrogen and oxygen atoms in total. The molecule has 122 valence electrons. The number of anilines is 1. The van der Waals surface area contributed by atoms with Crippen molar-refractivity contribution in [2.45, 2.75) is 26.7 Å². The maximum Gasteiger partial charge on any atom is 0.319 e. The number of ether oxygens (including phenoxy) is 1. The van der Waals surface area contributed by atoms with Crippen molar-refractivity contribution in [3.05, 3.63) is 59.7 Å². The van der Waals surface area contributed by atoms with Gasteiger partial charge in [0, 0.05) is 5.69 Å². The normalized spacial score (nSPS) is 10.4. The Morgan fingerprint density at radius 1 is 1.04 bits per heavy atom. The number of hydrogen-bond acceptors (Lipinski definition) is 2. The number of benzene rings is 2. The summed E-state index contributed by atoms with van der Waals surface area (Å²) in [6.07, 6.45) is 0. The van der Waals surface area contributed by atoms with Gasteiger partial charge in [0.15, 0.2) is 0 Å². The molecule has 23 heavy (non-hydrogen) atoms. The Morgan fingerprint density at radius 2 is 1.70 bits per heavy atom. The molecular formula is C19H24N2O2. The van der Waals surface area contributed by atoms with Gasteiger partial charge in [0.2, 0.25) is 0 Å². The molecule has 0 unspecified atom stereocenters. The van der Waals surface area contributed by atoms with Crippen molar-refractivity contribution in [3.8, 4) is 5.75 Å². The van der Waals surface area contributed by atoms with Crippen LogP contribution >= 0.6 is 0 Å². The zero-order chi connectivity index (χ0) is 16.7. The van der Waals surface area contributed by atoms with Crippen LogP contribution in [0.5, 0.6) is 5.75 Å². The van der Waals surface area contributed by atoms with Crippen molar-refractivity contribution >= 4 is 11.7 Å². The topological polar surface area (TPSA) is 50.4 Å². The van der Waals surface area contributed by atoms with Crippen LogP contribution in [-0.4, -0.2) is 19.2 Å².